The summed E-state index contributed by atoms with van der Waals surface area (Å²) in [4.78, 5) is 19.0. The quantitative estimate of drug-likeness (QED) is 0.402. The Balaban J connectivity index is 1.63. The molecular formula is C22H16F4N4O2. The van der Waals surface area contributed by atoms with Crippen LogP contribution in [0.3, 0.4) is 0 Å². The number of carbonyl (C=O) groups is 1. The van der Waals surface area contributed by atoms with Crippen molar-refractivity contribution in [2.45, 2.75) is 32.0 Å². The lowest BCUT2D eigenvalue weighted by molar-refractivity contribution is -0.142. The molecule has 1 amide bonds. The molecule has 4 heterocycles. The maximum Gasteiger partial charge on any atom is 0.433 e. The molecule has 0 spiro atoms. The summed E-state index contributed by atoms with van der Waals surface area (Å²) in [7, 11) is 0. The van der Waals surface area contributed by atoms with Gasteiger partial charge in [0, 0.05) is 17.8 Å². The third-order valence-corrected chi connectivity index (χ3v) is 5.50. The van der Waals surface area contributed by atoms with Crippen LogP contribution in [-0.4, -0.2) is 26.5 Å². The molecule has 0 N–H and O–H groups in total. The van der Waals surface area contributed by atoms with Gasteiger partial charge in [0.15, 0.2) is 22.8 Å². The van der Waals surface area contributed by atoms with Crippen LogP contribution < -0.4 is 4.90 Å². The maximum absolute atomic E-state index is 13.8. The van der Waals surface area contributed by atoms with Crippen LogP contribution in [-0.2, 0) is 12.6 Å². The number of hydrogen-bond acceptors (Lipinski definition) is 4. The Morgan fingerprint density at radius 2 is 2.00 bits per heavy atom. The molecule has 0 fully saturated rings. The van der Waals surface area contributed by atoms with Crippen molar-refractivity contribution in [3.8, 4) is 11.5 Å². The minimum absolute atomic E-state index is 0.0270. The number of carbonyl (C=O) groups excluding carboxylic acids is 1. The molecule has 5 rings (SSSR count). The van der Waals surface area contributed by atoms with E-state index < -0.39 is 23.6 Å². The second-order valence-corrected chi connectivity index (χ2v) is 7.64. The maximum atomic E-state index is 13.8. The molecule has 0 bridgehead atoms. The monoisotopic (exact) mass is 444 g/mol. The van der Waals surface area contributed by atoms with Gasteiger partial charge in [0.05, 0.1) is 6.26 Å². The molecule has 6 nitrogen and oxygen atoms in total. The Morgan fingerprint density at radius 1 is 1.19 bits per heavy atom. The number of amides is 1. The van der Waals surface area contributed by atoms with Gasteiger partial charge < -0.3 is 9.32 Å². The van der Waals surface area contributed by atoms with Crippen LogP contribution in [0.5, 0.6) is 0 Å². The summed E-state index contributed by atoms with van der Waals surface area (Å²) in [6, 6.07) is 8.96. The summed E-state index contributed by atoms with van der Waals surface area (Å²) < 4.78 is 60.7. The average molecular weight is 444 g/mol. The summed E-state index contributed by atoms with van der Waals surface area (Å²) >= 11 is 0. The van der Waals surface area contributed by atoms with Crippen LogP contribution >= 0.6 is 0 Å². The first-order valence-electron chi connectivity index (χ1n) is 9.86. The number of halogens is 4. The zero-order valence-corrected chi connectivity index (χ0v) is 16.7. The van der Waals surface area contributed by atoms with Crippen molar-refractivity contribution in [2.75, 3.05) is 4.90 Å². The molecule has 4 aromatic rings. The van der Waals surface area contributed by atoms with E-state index >= 15 is 0 Å². The van der Waals surface area contributed by atoms with Crippen molar-refractivity contribution in [1.82, 2.24) is 14.6 Å². The molecule has 0 saturated heterocycles. The van der Waals surface area contributed by atoms with Gasteiger partial charge in [-0.1, -0.05) is 0 Å². The first-order chi connectivity index (χ1) is 15.2. The van der Waals surface area contributed by atoms with E-state index in [1.54, 1.807) is 0 Å². The van der Waals surface area contributed by atoms with Gasteiger partial charge in [0.1, 0.15) is 11.5 Å². The number of aromatic nitrogens is 3. The Kier molecular flexibility index (Phi) is 4.54. The van der Waals surface area contributed by atoms with Gasteiger partial charge in [0.2, 0.25) is 0 Å². The smallest absolute Gasteiger partial charge is 0.433 e. The van der Waals surface area contributed by atoms with Gasteiger partial charge in [-0.15, -0.1) is 0 Å². The minimum atomic E-state index is -4.74. The van der Waals surface area contributed by atoms with Crippen LogP contribution in [0.2, 0.25) is 0 Å². The SMILES string of the molecule is C[C@H]1CCc2cc(F)ccc2N1C(=O)c1cc2nc(-c3ccco3)cc(C(F)(F)F)n2n1. The van der Waals surface area contributed by atoms with Crippen LogP contribution in [0, 0.1) is 5.82 Å². The summed E-state index contributed by atoms with van der Waals surface area (Å²) in [5, 5.41) is 3.94. The van der Waals surface area contributed by atoms with E-state index in [2.05, 4.69) is 10.1 Å². The average Bonchev–Trinajstić information content (AvgIpc) is 3.41. The number of anilines is 1. The number of hydrogen-bond donors (Lipinski definition) is 0. The van der Waals surface area contributed by atoms with E-state index in [-0.39, 0.29) is 28.8 Å². The van der Waals surface area contributed by atoms with Crippen molar-refractivity contribution < 1.29 is 26.8 Å². The van der Waals surface area contributed by atoms with Gasteiger partial charge in [-0.05, 0) is 61.7 Å². The molecule has 0 radical (unpaired) electrons. The second-order valence-electron chi connectivity index (χ2n) is 7.64. The number of alkyl halides is 3. The van der Waals surface area contributed by atoms with Gasteiger partial charge >= 0.3 is 6.18 Å². The Hall–Kier alpha value is -3.69. The van der Waals surface area contributed by atoms with Crippen LogP contribution in [0.4, 0.5) is 23.2 Å². The van der Waals surface area contributed by atoms with E-state index in [9.17, 15) is 22.4 Å². The Morgan fingerprint density at radius 3 is 2.72 bits per heavy atom. The molecule has 1 aromatic carbocycles. The number of rotatable bonds is 2. The molecule has 1 aliphatic rings. The molecule has 10 heteroatoms. The fraction of sp³-hybridized carbons (Fsp3) is 0.227. The summed E-state index contributed by atoms with van der Waals surface area (Å²) in [5.74, 6) is -0.834. The van der Waals surface area contributed by atoms with Crippen molar-refractivity contribution in [3.63, 3.8) is 0 Å². The number of aryl methyl sites for hydroxylation is 1. The van der Waals surface area contributed by atoms with Crippen molar-refractivity contribution >= 4 is 17.2 Å². The van der Waals surface area contributed by atoms with Crippen LogP contribution in [0.25, 0.3) is 17.1 Å². The first-order valence-corrected chi connectivity index (χ1v) is 9.86. The van der Waals surface area contributed by atoms with Crippen LogP contribution in [0.1, 0.15) is 35.1 Å². The fourth-order valence-corrected chi connectivity index (χ4v) is 3.98. The lowest BCUT2D eigenvalue weighted by Gasteiger charge is -2.34. The Bertz CT molecular complexity index is 1330. The van der Waals surface area contributed by atoms with Gasteiger partial charge in [-0.2, -0.15) is 18.3 Å². The third kappa shape index (κ3) is 3.31. The largest absolute Gasteiger partial charge is 0.463 e. The van der Waals surface area contributed by atoms with Crippen molar-refractivity contribution in [2.24, 2.45) is 0 Å². The van der Waals surface area contributed by atoms with Gasteiger partial charge in [0.25, 0.3) is 5.91 Å². The van der Waals surface area contributed by atoms with Gasteiger partial charge in [-0.3, -0.25) is 4.79 Å². The van der Waals surface area contributed by atoms with E-state index in [4.69, 9.17) is 4.42 Å². The normalized spacial score (nSPS) is 16.4. The molecule has 3 aromatic heterocycles. The highest BCUT2D eigenvalue weighted by atomic mass is 19.4. The molecule has 1 atom stereocenters. The minimum Gasteiger partial charge on any atom is -0.463 e. The zero-order valence-electron chi connectivity index (χ0n) is 16.7. The second kappa shape index (κ2) is 7.18. The number of nitrogens with zero attached hydrogens (tertiary/aromatic N) is 4. The third-order valence-electron chi connectivity index (χ3n) is 5.50. The van der Waals surface area contributed by atoms with E-state index in [0.29, 0.717) is 28.6 Å². The number of fused-ring (bicyclic) bond motifs is 2. The predicted molar refractivity (Wildman–Crippen MR) is 107 cm³/mol. The van der Waals surface area contributed by atoms with Gasteiger partial charge in [-0.25, -0.2) is 13.9 Å². The highest BCUT2D eigenvalue weighted by Crippen LogP contribution is 2.34. The molecule has 0 aliphatic carbocycles. The summed E-state index contributed by atoms with van der Waals surface area (Å²) in [6.45, 7) is 1.83. The lowest BCUT2D eigenvalue weighted by Crippen LogP contribution is -2.42. The van der Waals surface area contributed by atoms with Crippen molar-refractivity contribution in [1.29, 1.82) is 0 Å². The molecule has 32 heavy (non-hydrogen) atoms. The number of furan rings is 1. The molecule has 164 valence electrons. The summed E-state index contributed by atoms with van der Waals surface area (Å²) in [6.07, 6.45) is -2.23. The molecule has 0 unspecified atom stereocenters. The predicted octanol–water partition coefficient (Wildman–Crippen LogP) is 5.13. The highest BCUT2D eigenvalue weighted by Gasteiger charge is 2.37. The molecular weight excluding hydrogens is 428 g/mol. The zero-order chi connectivity index (χ0) is 22.6. The van der Waals surface area contributed by atoms with E-state index in [0.717, 1.165) is 6.07 Å². The lowest BCUT2D eigenvalue weighted by atomic mass is 9.96. The molecule has 0 saturated carbocycles. The van der Waals surface area contributed by atoms with Crippen molar-refractivity contribution in [3.05, 3.63) is 71.5 Å². The standard InChI is InChI=1S/C22H16F4N4O2/c1-12-4-5-13-9-14(23)6-7-17(13)29(12)21(31)16-11-20-27-15(18-3-2-8-32-18)10-19(22(24,25)26)30(20)28-16/h2-3,6-12H,4-5H2,1H3/t12-/m0/s1. The fourth-order valence-electron chi connectivity index (χ4n) is 3.98. The number of benzene rings is 1. The Labute approximate surface area is 179 Å². The molecule has 1 aliphatic heterocycles. The topological polar surface area (TPSA) is 63.6 Å². The first kappa shape index (κ1) is 20.2. The highest BCUT2D eigenvalue weighted by molar-refractivity contribution is 6.06. The summed E-state index contributed by atoms with van der Waals surface area (Å²) in [5.41, 5.74) is -0.257. The van der Waals surface area contributed by atoms with E-state index in [1.165, 1.54) is 47.6 Å². The van der Waals surface area contributed by atoms with Crippen LogP contribution in [0.15, 0.2) is 53.1 Å². The van der Waals surface area contributed by atoms with E-state index in [1.807, 2.05) is 6.92 Å².